The zero-order valence-electron chi connectivity index (χ0n) is 17.9. The van der Waals surface area contributed by atoms with Gasteiger partial charge in [0.05, 0.1) is 38.2 Å². The van der Waals surface area contributed by atoms with Crippen LogP contribution in [0.15, 0.2) is 11.3 Å². The number of Topliss-reactive ketones (excluding diaryl/α,β-unsaturated/α-hetero) is 1. The molecule has 1 saturated heterocycles. The van der Waals surface area contributed by atoms with Crippen LogP contribution in [-0.4, -0.2) is 60.7 Å². The van der Waals surface area contributed by atoms with E-state index in [1.54, 1.807) is 13.8 Å². The van der Waals surface area contributed by atoms with Crippen molar-refractivity contribution in [1.29, 1.82) is 0 Å². The van der Waals surface area contributed by atoms with E-state index in [1.165, 1.54) is 19.1 Å². The maximum absolute atomic E-state index is 13.3. The van der Waals surface area contributed by atoms with Crippen molar-refractivity contribution in [2.75, 3.05) is 20.3 Å². The molecule has 1 saturated carbocycles. The zero-order valence-corrected chi connectivity index (χ0v) is 17.9. The molecule has 2 aliphatic heterocycles. The van der Waals surface area contributed by atoms with Crippen LogP contribution < -0.4 is 0 Å². The molecule has 2 heterocycles. The number of carbonyl (C=O) groups is 4. The van der Waals surface area contributed by atoms with Gasteiger partial charge in [-0.2, -0.15) is 0 Å². The molecule has 9 heteroatoms. The molecule has 166 valence electrons. The minimum Gasteiger partial charge on any atom is -0.466 e. The molecule has 0 amide bonds. The standard InChI is InChI=1S/C21H29NO8/c1-5-28-15(24)11-14-12-20(19(26)29-6-2)9-7-8-10-21(20)16(18(25)27-4)17(13(3)23)30-22(14)21/h14H,5-12H2,1-4H3/t14-,20-,21-/m0/s1. The SMILES string of the molecule is CCOC(=O)C[C@H]1C[C@]2(C(=O)OCC)CCCC[C@]23C(C(=O)OC)=C(C(C)=O)ON13. The lowest BCUT2D eigenvalue weighted by atomic mass is 9.58. The van der Waals surface area contributed by atoms with Crippen molar-refractivity contribution in [2.24, 2.45) is 5.41 Å². The van der Waals surface area contributed by atoms with Gasteiger partial charge in [0, 0.05) is 6.92 Å². The van der Waals surface area contributed by atoms with Crippen molar-refractivity contribution in [1.82, 2.24) is 5.06 Å². The summed E-state index contributed by atoms with van der Waals surface area (Å²) in [5.74, 6) is -2.18. The Hall–Kier alpha value is -2.42. The van der Waals surface area contributed by atoms with Crippen molar-refractivity contribution >= 4 is 23.7 Å². The minimum atomic E-state index is -1.22. The summed E-state index contributed by atoms with van der Waals surface area (Å²) in [5, 5.41) is 1.52. The van der Waals surface area contributed by atoms with Crippen molar-refractivity contribution in [3.05, 3.63) is 11.3 Å². The summed E-state index contributed by atoms with van der Waals surface area (Å²) >= 11 is 0. The Morgan fingerprint density at radius 1 is 1.10 bits per heavy atom. The van der Waals surface area contributed by atoms with Crippen LogP contribution in [0.4, 0.5) is 0 Å². The van der Waals surface area contributed by atoms with E-state index < -0.39 is 40.7 Å². The van der Waals surface area contributed by atoms with Gasteiger partial charge < -0.3 is 19.0 Å². The number of hydrogen-bond donors (Lipinski definition) is 0. The molecule has 9 nitrogen and oxygen atoms in total. The molecule has 3 aliphatic rings. The summed E-state index contributed by atoms with van der Waals surface area (Å²) in [7, 11) is 1.23. The van der Waals surface area contributed by atoms with Crippen LogP contribution in [0.25, 0.3) is 0 Å². The summed E-state index contributed by atoms with van der Waals surface area (Å²) in [6.07, 6.45) is 2.57. The molecular formula is C21H29NO8. The second-order valence-corrected chi connectivity index (χ2v) is 7.91. The first-order valence-electron chi connectivity index (χ1n) is 10.4. The molecule has 1 spiro atoms. The second-order valence-electron chi connectivity index (χ2n) is 7.91. The summed E-state index contributed by atoms with van der Waals surface area (Å²) in [6, 6.07) is -0.553. The van der Waals surface area contributed by atoms with E-state index in [4.69, 9.17) is 19.0 Å². The van der Waals surface area contributed by atoms with Gasteiger partial charge in [-0.3, -0.25) is 14.4 Å². The first kappa shape index (κ1) is 22.3. The zero-order chi connectivity index (χ0) is 22.1. The molecule has 1 aliphatic carbocycles. The van der Waals surface area contributed by atoms with Gasteiger partial charge >= 0.3 is 17.9 Å². The maximum Gasteiger partial charge on any atom is 0.339 e. The predicted octanol–water partition coefficient (Wildman–Crippen LogP) is 1.84. The third kappa shape index (κ3) is 3.10. The fourth-order valence-electron chi connectivity index (χ4n) is 5.40. The Labute approximate surface area is 175 Å². The fraction of sp³-hybridized carbons (Fsp3) is 0.714. The Morgan fingerprint density at radius 3 is 2.37 bits per heavy atom. The van der Waals surface area contributed by atoms with Gasteiger partial charge in [-0.25, -0.2) is 4.79 Å². The van der Waals surface area contributed by atoms with Gasteiger partial charge in [0.15, 0.2) is 5.78 Å². The second kappa shape index (κ2) is 8.37. The van der Waals surface area contributed by atoms with E-state index in [1.807, 2.05) is 0 Å². The highest BCUT2D eigenvalue weighted by molar-refractivity contribution is 6.05. The number of hydrogen-bond acceptors (Lipinski definition) is 9. The lowest BCUT2D eigenvalue weighted by Crippen LogP contribution is -2.59. The number of allylic oxidation sites excluding steroid dienone is 1. The smallest absolute Gasteiger partial charge is 0.339 e. The number of ether oxygens (including phenoxy) is 3. The molecule has 0 aromatic carbocycles. The maximum atomic E-state index is 13.3. The molecule has 0 N–H and O–H groups in total. The molecule has 0 bridgehead atoms. The van der Waals surface area contributed by atoms with E-state index in [2.05, 4.69) is 0 Å². The van der Waals surface area contributed by atoms with Crippen LogP contribution in [0.1, 0.15) is 59.3 Å². The Balaban J connectivity index is 2.19. The number of hydroxylamine groups is 2. The van der Waals surface area contributed by atoms with E-state index >= 15 is 0 Å². The van der Waals surface area contributed by atoms with E-state index in [-0.39, 0.29) is 37.4 Å². The molecule has 0 unspecified atom stereocenters. The number of nitrogens with zero attached hydrogens (tertiary/aromatic N) is 1. The summed E-state index contributed by atoms with van der Waals surface area (Å²) in [6.45, 7) is 5.13. The highest BCUT2D eigenvalue weighted by Gasteiger charge is 2.75. The van der Waals surface area contributed by atoms with Crippen molar-refractivity contribution < 1.29 is 38.2 Å². The van der Waals surface area contributed by atoms with E-state index in [9.17, 15) is 19.2 Å². The van der Waals surface area contributed by atoms with Gasteiger partial charge in [0.1, 0.15) is 11.1 Å². The number of rotatable bonds is 7. The van der Waals surface area contributed by atoms with Crippen molar-refractivity contribution in [2.45, 2.75) is 70.9 Å². The number of carbonyl (C=O) groups excluding carboxylic acids is 4. The summed E-state index contributed by atoms with van der Waals surface area (Å²) in [5.41, 5.74) is -2.29. The van der Waals surface area contributed by atoms with Crippen LogP contribution in [0.3, 0.4) is 0 Å². The molecule has 2 fully saturated rings. The summed E-state index contributed by atoms with van der Waals surface area (Å²) < 4.78 is 15.6. The molecule has 0 aromatic rings. The van der Waals surface area contributed by atoms with Crippen molar-refractivity contribution in [3.63, 3.8) is 0 Å². The molecule has 0 radical (unpaired) electrons. The van der Waals surface area contributed by atoms with Gasteiger partial charge in [-0.05, 0) is 33.1 Å². The quantitative estimate of drug-likeness (QED) is 0.447. The van der Waals surface area contributed by atoms with Gasteiger partial charge in [0.25, 0.3) is 0 Å². The predicted molar refractivity (Wildman–Crippen MR) is 103 cm³/mol. The highest BCUT2D eigenvalue weighted by Crippen LogP contribution is 2.64. The topological polar surface area (TPSA) is 108 Å². The average Bonchev–Trinajstić information content (AvgIpc) is 3.18. The van der Waals surface area contributed by atoms with E-state index in [0.717, 1.165) is 12.8 Å². The first-order chi connectivity index (χ1) is 14.3. The number of esters is 3. The minimum absolute atomic E-state index is 0.0314. The van der Waals surface area contributed by atoms with Crippen LogP contribution in [0, 0.1) is 5.41 Å². The third-order valence-corrected chi connectivity index (χ3v) is 6.39. The van der Waals surface area contributed by atoms with Gasteiger partial charge in [0.2, 0.25) is 5.76 Å². The third-order valence-electron chi connectivity index (χ3n) is 6.39. The molecule has 0 aromatic heterocycles. The van der Waals surface area contributed by atoms with E-state index in [0.29, 0.717) is 12.8 Å². The largest absolute Gasteiger partial charge is 0.466 e. The molecule has 3 rings (SSSR count). The Kier molecular flexibility index (Phi) is 6.21. The molecule has 30 heavy (non-hydrogen) atoms. The van der Waals surface area contributed by atoms with Crippen LogP contribution >= 0.6 is 0 Å². The van der Waals surface area contributed by atoms with Gasteiger partial charge in [-0.15, -0.1) is 5.06 Å². The fourth-order valence-corrected chi connectivity index (χ4v) is 5.40. The lowest BCUT2D eigenvalue weighted by Gasteiger charge is -2.47. The lowest BCUT2D eigenvalue weighted by molar-refractivity contribution is -0.196. The molecule has 3 atom stereocenters. The molecular weight excluding hydrogens is 394 g/mol. The summed E-state index contributed by atoms with van der Waals surface area (Å²) in [4.78, 5) is 56.8. The number of methoxy groups -OCH3 is 1. The monoisotopic (exact) mass is 423 g/mol. The Bertz CT molecular complexity index is 790. The van der Waals surface area contributed by atoms with Crippen LogP contribution in [-0.2, 0) is 38.2 Å². The highest BCUT2D eigenvalue weighted by atomic mass is 16.7. The Morgan fingerprint density at radius 2 is 1.77 bits per heavy atom. The van der Waals surface area contributed by atoms with Crippen molar-refractivity contribution in [3.8, 4) is 0 Å². The average molecular weight is 423 g/mol. The first-order valence-corrected chi connectivity index (χ1v) is 10.4. The van der Waals surface area contributed by atoms with Crippen LogP contribution in [0.5, 0.6) is 0 Å². The van der Waals surface area contributed by atoms with Gasteiger partial charge in [-0.1, -0.05) is 12.8 Å². The number of ketones is 1. The van der Waals surface area contributed by atoms with Crippen LogP contribution in [0.2, 0.25) is 0 Å². The normalized spacial score (nSPS) is 30.2.